The number of primary amides is 1. The molecule has 1 amide bonds. The maximum absolute atomic E-state index is 11.5. The molecule has 0 heterocycles. The molecule has 3 N–H and O–H groups in total. The number of carbonyl (C=O) groups excluding carboxylic acids is 1. The number of hydrogen-bond donors (Lipinski definition) is 2. The van der Waals surface area contributed by atoms with Gasteiger partial charge < -0.3 is 15.8 Å². The fraction of sp³-hybridized carbons (Fsp3) is 0.417. The summed E-state index contributed by atoms with van der Waals surface area (Å²) in [7, 11) is 1.59. The van der Waals surface area contributed by atoms with E-state index in [9.17, 15) is 4.79 Å². The van der Waals surface area contributed by atoms with E-state index in [0.29, 0.717) is 5.75 Å². The molecule has 0 fully saturated rings. The Kier molecular flexibility index (Phi) is 5.44. The van der Waals surface area contributed by atoms with Crippen molar-refractivity contribution in [2.75, 3.05) is 13.7 Å². The number of amides is 1. The Hall–Kier alpha value is -1.07. The standard InChI is InChI=1S/C12H17BrN2O2/c1-3-6-15-11(12(14)16)9-7-8(17-2)4-5-10(9)13/h4-5,7,11,15H,3,6H2,1-2H3,(H2,14,16). The minimum Gasteiger partial charge on any atom is -0.497 e. The molecule has 4 nitrogen and oxygen atoms in total. The van der Waals surface area contributed by atoms with Gasteiger partial charge in [-0.1, -0.05) is 22.9 Å². The van der Waals surface area contributed by atoms with E-state index in [0.717, 1.165) is 23.0 Å². The minimum absolute atomic E-state index is 0.396. The Bertz CT molecular complexity index is 396. The van der Waals surface area contributed by atoms with E-state index >= 15 is 0 Å². The minimum atomic E-state index is -0.501. The highest BCUT2D eigenvalue weighted by Crippen LogP contribution is 2.27. The van der Waals surface area contributed by atoms with Crippen LogP contribution in [0.1, 0.15) is 24.9 Å². The second kappa shape index (κ2) is 6.61. The monoisotopic (exact) mass is 300 g/mol. The molecular weight excluding hydrogens is 284 g/mol. The van der Waals surface area contributed by atoms with Gasteiger partial charge in [-0.3, -0.25) is 4.79 Å². The lowest BCUT2D eigenvalue weighted by Crippen LogP contribution is -2.34. The van der Waals surface area contributed by atoms with Crippen LogP contribution in [-0.4, -0.2) is 19.6 Å². The van der Waals surface area contributed by atoms with Crippen molar-refractivity contribution in [1.82, 2.24) is 5.32 Å². The van der Waals surface area contributed by atoms with Crippen molar-refractivity contribution in [2.24, 2.45) is 5.73 Å². The van der Waals surface area contributed by atoms with E-state index in [2.05, 4.69) is 21.2 Å². The molecule has 1 aromatic carbocycles. The number of methoxy groups -OCH3 is 1. The van der Waals surface area contributed by atoms with Gasteiger partial charge in [-0.15, -0.1) is 0 Å². The molecular formula is C12H17BrN2O2. The molecule has 1 unspecified atom stereocenters. The van der Waals surface area contributed by atoms with Crippen molar-refractivity contribution in [3.63, 3.8) is 0 Å². The lowest BCUT2D eigenvalue weighted by atomic mass is 10.1. The van der Waals surface area contributed by atoms with Crippen LogP contribution in [0.25, 0.3) is 0 Å². The van der Waals surface area contributed by atoms with Crippen molar-refractivity contribution in [2.45, 2.75) is 19.4 Å². The molecule has 17 heavy (non-hydrogen) atoms. The fourth-order valence-corrected chi connectivity index (χ4v) is 2.00. The first-order valence-corrected chi connectivity index (χ1v) is 6.25. The van der Waals surface area contributed by atoms with Crippen LogP contribution in [0.4, 0.5) is 0 Å². The van der Waals surface area contributed by atoms with Gasteiger partial charge in [-0.2, -0.15) is 0 Å². The van der Waals surface area contributed by atoms with Crippen LogP contribution in [0.15, 0.2) is 22.7 Å². The summed E-state index contributed by atoms with van der Waals surface area (Å²) in [6.07, 6.45) is 0.936. The number of carbonyl (C=O) groups is 1. The zero-order valence-corrected chi connectivity index (χ0v) is 11.6. The van der Waals surface area contributed by atoms with E-state index in [4.69, 9.17) is 10.5 Å². The number of rotatable bonds is 6. The average molecular weight is 301 g/mol. The van der Waals surface area contributed by atoms with E-state index in [1.807, 2.05) is 25.1 Å². The number of nitrogens with two attached hydrogens (primary N) is 1. The Morgan fingerprint density at radius 2 is 2.29 bits per heavy atom. The van der Waals surface area contributed by atoms with E-state index in [-0.39, 0.29) is 0 Å². The van der Waals surface area contributed by atoms with Crippen LogP contribution in [0, 0.1) is 0 Å². The van der Waals surface area contributed by atoms with Gasteiger partial charge in [-0.25, -0.2) is 0 Å². The van der Waals surface area contributed by atoms with Crippen LogP contribution >= 0.6 is 15.9 Å². The first kappa shape index (κ1) is 14.0. The first-order valence-electron chi connectivity index (χ1n) is 5.46. The molecule has 94 valence electrons. The zero-order valence-electron chi connectivity index (χ0n) is 10.00. The highest BCUT2D eigenvalue weighted by atomic mass is 79.9. The summed E-state index contributed by atoms with van der Waals surface area (Å²) in [4.78, 5) is 11.5. The molecule has 0 bridgehead atoms. The van der Waals surface area contributed by atoms with Crippen molar-refractivity contribution in [3.05, 3.63) is 28.2 Å². The summed E-state index contributed by atoms with van der Waals surface area (Å²) in [6, 6.07) is 4.98. The van der Waals surface area contributed by atoms with Crippen LogP contribution in [0.2, 0.25) is 0 Å². The quantitative estimate of drug-likeness (QED) is 0.844. The molecule has 1 atom stereocenters. The zero-order chi connectivity index (χ0) is 12.8. The molecule has 1 rings (SSSR count). The molecule has 5 heteroatoms. The van der Waals surface area contributed by atoms with Gasteiger partial charge in [0.15, 0.2) is 0 Å². The molecule has 0 radical (unpaired) electrons. The fourth-order valence-electron chi connectivity index (χ4n) is 1.52. The summed E-state index contributed by atoms with van der Waals surface area (Å²) in [5.41, 5.74) is 6.20. The van der Waals surface area contributed by atoms with Crippen LogP contribution in [-0.2, 0) is 4.79 Å². The SMILES string of the molecule is CCCNC(C(N)=O)c1cc(OC)ccc1Br. The molecule has 0 aliphatic rings. The van der Waals surface area contributed by atoms with Gasteiger partial charge in [0.25, 0.3) is 0 Å². The third-order valence-electron chi connectivity index (χ3n) is 2.40. The van der Waals surface area contributed by atoms with Crippen molar-refractivity contribution >= 4 is 21.8 Å². The number of ether oxygens (including phenoxy) is 1. The lowest BCUT2D eigenvalue weighted by molar-refractivity contribution is -0.120. The summed E-state index contributed by atoms with van der Waals surface area (Å²) in [6.45, 7) is 2.77. The van der Waals surface area contributed by atoms with Crippen LogP contribution in [0.5, 0.6) is 5.75 Å². The van der Waals surface area contributed by atoms with Crippen molar-refractivity contribution in [3.8, 4) is 5.75 Å². The Morgan fingerprint density at radius 1 is 1.59 bits per heavy atom. The predicted octanol–water partition coefficient (Wildman–Crippen LogP) is 1.98. The molecule has 0 saturated carbocycles. The Labute approximate surface area is 110 Å². The smallest absolute Gasteiger partial charge is 0.239 e. The highest BCUT2D eigenvalue weighted by molar-refractivity contribution is 9.10. The summed E-state index contributed by atoms with van der Waals surface area (Å²) in [5, 5.41) is 3.12. The number of hydrogen-bond acceptors (Lipinski definition) is 3. The molecule has 0 aliphatic heterocycles. The average Bonchev–Trinajstić information content (AvgIpc) is 2.31. The molecule has 0 aromatic heterocycles. The van der Waals surface area contributed by atoms with Gasteiger partial charge in [0.05, 0.1) is 7.11 Å². The van der Waals surface area contributed by atoms with Crippen LogP contribution < -0.4 is 15.8 Å². The van der Waals surface area contributed by atoms with Gasteiger partial charge in [0, 0.05) is 4.47 Å². The highest BCUT2D eigenvalue weighted by Gasteiger charge is 2.19. The second-order valence-electron chi connectivity index (χ2n) is 3.68. The molecule has 0 spiro atoms. The van der Waals surface area contributed by atoms with E-state index in [1.165, 1.54) is 0 Å². The molecule has 1 aromatic rings. The summed E-state index contributed by atoms with van der Waals surface area (Å²) < 4.78 is 5.98. The summed E-state index contributed by atoms with van der Waals surface area (Å²) >= 11 is 3.42. The number of halogens is 1. The van der Waals surface area contributed by atoms with Crippen molar-refractivity contribution < 1.29 is 9.53 Å². The lowest BCUT2D eigenvalue weighted by Gasteiger charge is -2.17. The van der Waals surface area contributed by atoms with Gasteiger partial charge >= 0.3 is 0 Å². The van der Waals surface area contributed by atoms with Crippen LogP contribution in [0.3, 0.4) is 0 Å². The van der Waals surface area contributed by atoms with Gasteiger partial charge in [-0.05, 0) is 36.7 Å². The normalized spacial score (nSPS) is 12.2. The Balaban J connectivity index is 3.03. The maximum atomic E-state index is 11.5. The molecule has 0 aliphatic carbocycles. The molecule has 0 saturated heterocycles. The summed E-state index contributed by atoms with van der Waals surface area (Å²) in [5.74, 6) is 0.306. The predicted molar refractivity (Wildman–Crippen MR) is 70.9 cm³/mol. The number of nitrogens with one attached hydrogen (secondary N) is 1. The van der Waals surface area contributed by atoms with Crippen molar-refractivity contribution in [1.29, 1.82) is 0 Å². The third-order valence-corrected chi connectivity index (χ3v) is 3.12. The topological polar surface area (TPSA) is 64.3 Å². The Morgan fingerprint density at radius 3 is 2.82 bits per heavy atom. The number of benzene rings is 1. The largest absolute Gasteiger partial charge is 0.497 e. The first-order chi connectivity index (χ1) is 8.10. The second-order valence-corrected chi connectivity index (χ2v) is 4.53. The van der Waals surface area contributed by atoms with E-state index < -0.39 is 11.9 Å². The van der Waals surface area contributed by atoms with Gasteiger partial charge in [0.1, 0.15) is 11.8 Å². The van der Waals surface area contributed by atoms with Gasteiger partial charge in [0.2, 0.25) is 5.91 Å². The maximum Gasteiger partial charge on any atom is 0.239 e. The third kappa shape index (κ3) is 3.71. The van der Waals surface area contributed by atoms with E-state index in [1.54, 1.807) is 7.11 Å².